The van der Waals surface area contributed by atoms with Gasteiger partial charge in [-0.1, -0.05) is 24.3 Å². The van der Waals surface area contributed by atoms with Crippen molar-refractivity contribution >= 4 is 17.6 Å². The summed E-state index contributed by atoms with van der Waals surface area (Å²) in [6.07, 6.45) is 0.435. The third kappa shape index (κ3) is 4.64. The molecule has 0 aliphatic carbocycles. The minimum Gasteiger partial charge on any atom is -0.487 e. The zero-order valence-corrected chi connectivity index (χ0v) is 15.1. The molecule has 3 rings (SSSR count). The van der Waals surface area contributed by atoms with Gasteiger partial charge >= 0.3 is 0 Å². The molecule has 0 aliphatic heterocycles. The molecule has 0 bridgehead atoms. The van der Waals surface area contributed by atoms with Crippen molar-refractivity contribution in [1.82, 2.24) is 14.1 Å². The minimum absolute atomic E-state index is 0.224. The summed E-state index contributed by atoms with van der Waals surface area (Å²) >= 11 is 1.15. The first-order valence-corrected chi connectivity index (χ1v) is 8.89. The molecule has 3 aromatic rings. The maximum Gasteiger partial charge on any atom is 0.251 e. The highest BCUT2D eigenvalue weighted by atomic mass is 32.1. The molecule has 1 aromatic heterocycles. The minimum atomic E-state index is -0.260. The van der Waals surface area contributed by atoms with E-state index in [1.807, 2.05) is 6.92 Å². The monoisotopic (exact) mass is 371 g/mol. The number of hydrogen-bond acceptors (Lipinski definition) is 5. The van der Waals surface area contributed by atoms with Crippen molar-refractivity contribution in [3.05, 3.63) is 76.9 Å². The number of nitrogens with one attached hydrogen (secondary N) is 1. The first-order valence-electron chi connectivity index (χ1n) is 8.16. The number of amides is 1. The zero-order valence-electron chi connectivity index (χ0n) is 14.2. The normalized spacial score (nSPS) is 10.5. The van der Waals surface area contributed by atoms with E-state index >= 15 is 0 Å². The van der Waals surface area contributed by atoms with Crippen LogP contribution in [0.2, 0.25) is 0 Å². The Labute approximate surface area is 155 Å². The van der Waals surface area contributed by atoms with Gasteiger partial charge in [-0.25, -0.2) is 4.39 Å². The Bertz CT molecular complexity index is 898. The number of carbonyl (C=O) groups is 1. The molecule has 0 unspecified atom stereocenters. The van der Waals surface area contributed by atoms with Crippen molar-refractivity contribution < 1.29 is 13.9 Å². The molecule has 1 amide bonds. The number of rotatable bonds is 7. The van der Waals surface area contributed by atoms with Gasteiger partial charge in [-0.15, -0.1) is 0 Å². The summed E-state index contributed by atoms with van der Waals surface area (Å²) in [6.45, 7) is 2.54. The van der Waals surface area contributed by atoms with E-state index < -0.39 is 0 Å². The van der Waals surface area contributed by atoms with Crippen LogP contribution < -0.4 is 10.1 Å². The van der Waals surface area contributed by atoms with Crippen LogP contribution >= 0.6 is 11.7 Å². The van der Waals surface area contributed by atoms with Crippen LogP contribution in [0.4, 0.5) is 4.39 Å². The summed E-state index contributed by atoms with van der Waals surface area (Å²) < 4.78 is 27.5. The molecule has 0 spiro atoms. The second kappa shape index (κ2) is 8.53. The molecule has 1 N–H and O–H groups in total. The summed E-state index contributed by atoms with van der Waals surface area (Å²) in [4.78, 5) is 12.3. The van der Waals surface area contributed by atoms with E-state index in [4.69, 9.17) is 4.74 Å². The third-order valence-electron chi connectivity index (χ3n) is 3.86. The van der Waals surface area contributed by atoms with E-state index in [9.17, 15) is 9.18 Å². The lowest BCUT2D eigenvalue weighted by Gasteiger charge is -2.09. The number of hydrogen-bond donors (Lipinski definition) is 1. The molecular weight excluding hydrogens is 353 g/mol. The molecule has 0 saturated carbocycles. The Morgan fingerprint density at radius 1 is 1.19 bits per heavy atom. The van der Waals surface area contributed by atoms with Crippen LogP contribution in [0.1, 0.15) is 27.3 Å². The summed E-state index contributed by atoms with van der Waals surface area (Å²) in [6, 6.07) is 13.5. The lowest BCUT2D eigenvalue weighted by Crippen LogP contribution is -2.25. The van der Waals surface area contributed by atoms with Gasteiger partial charge < -0.3 is 10.1 Å². The molecule has 1 heterocycles. The average Bonchev–Trinajstić information content (AvgIpc) is 3.06. The number of aryl methyl sites for hydroxylation is 1. The number of aromatic nitrogens is 2. The summed E-state index contributed by atoms with van der Waals surface area (Å²) in [5.74, 6) is 0.0985. The summed E-state index contributed by atoms with van der Waals surface area (Å²) in [5.41, 5.74) is 2.70. The lowest BCUT2D eigenvalue weighted by atomic mass is 10.1. The molecule has 2 aromatic carbocycles. The fourth-order valence-corrected chi connectivity index (χ4v) is 2.93. The van der Waals surface area contributed by atoms with Crippen LogP contribution in [0.15, 0.2) is 48.5 Å². The largest absolute Gasteiger partial charge is 0.487 e. The average molecular weight is 371 g/mol. The molecule has 0 radical (unpaired) electrons. The third-order valence-corrected chi connectivity index (χ3v) is 4.51. The lowest BCUT2D eigenvalue weighted by molar-refractivity contribution is 0.0953. The van der Waals surface area contributed by atoms with Gasteiger partial charge in [0.1, 0.15) is 23.9 Å². The van der Waals surface area contributed by atoms with Crippen molar-refractivity contribution in [3.63, 3.8) is 0 Å². The molecular formula is C19H18FN3O2S. The summed E-state index contributed by atoms with van der Waals surface area (Å²) in [7, 11) is 0. The van der Waals surface area contributed by atoms with Crippen molar-refractivity contribution in [1.29, 1.82) is 0 Å². The summed E-state index contributed by atoms with van der Waals surface area (Å²) in [5, 5.41) is 2.80. The first-order chi connectivity index (χ1) is 12.6. The van der Waals surface area contributed by atoms with Gasteiger partial charge in [-0.2, -0.15) is 8.75 Å². The van der Waals surface area contributed by atoms with Gasteiger partial charge in [0.15, 0.2) is 0 Å². The zero-order chi connectivity index (χ0) is 18.4. The second-order valence-corrected chi connectivity index (χ2v) is 6.24. The highest BCUT2D eigenvalue weighted by molar-refractivity contribution is 6.99. The van der Waals surface area contributed by atoms with Crippen LogP contribution in [-0.4, -0.2) is 21.2 Å². The van der Waals surface area contributed by atoms with E-state index in [-0.39, 0.29) is 11.7 Å². The van der Waals surface area contributed by atoms with E-state index in [0.29, 0.717) is 36.4 Å². The Kier molecular flexibility index (Phi) is 5.91. The van der Waals surface area contributed by atoms with Crippen molar-refractivity contribution in [3.8, 4) is 5.75 Å². The Morgan fingerprint density at radius 2 is 2.04 bits per heavy atom. The van der Waals surface area contributed by atoms with Crippen LogP contribution in [-0.2, 0) is 13.0 Å². The van der Waals surface area contributed by atoms with E-state index in [1.165, 1.54) is 6.07 Å². The highest BCUT2D eigenvalue weighted by Gasteiger charge is 2.09. The van der Waals surface area contributed by atoms with Crippen molar-refractivity contribution in [2.24, 2.45) is 0 Å². The quantitative estimate of drug-likeness (QED) is 0.690. The fraction of sp³-hybridized carbons (Fsp3) is 0.211. The Hall–Kier alpha value is -2.80. The molecule has 0 aliphatic rings. The molecule has 7 heteroatoms. The van der Waals surface area contributed by atoms with Gasteiger partial charge in [-0.3, -0.25) is 4.79 Å². The van der Waals surface area contributed by atoms with E-state index in [2.05, 4.69) is 14.1 Å². The molecule has 26 heavy (non-hydrogen) atoms. The Balaban J connectivity index is 1.54. The smallest absolute Gasteiger partial charge is 0.251 e. The van der Waals surface area contributed by atoms with Crippen molar-refractivity contribution in [2.45, 2.75) is 20.0 Å². The number of benzene rings is 2. The molecule has 5 nitrogen and oxygen atoms in total. The van der Waals surface area contributed by atoms with Crippen LogP contribution in [0.5, 0.6) is 5.75 Å². The predicted octanol–water partition coefficient (Wildman–Crippen LogP) is 3.54. The van der Waals surface area contributed by atoms with Gasteiger partial charge in [0, 0.05) is 12.1 Å². The van der Waals surface area contributed by atoms with Crippen LogP contribution in [0.3, 0.4) is 0 Å². The van der Waals surface area contributed by atoms with Gasteiger partial charge in [-0.05, 0) is 43.2 Å². The maximum atomic E-state index is 13.6. The number of nitrogens with zero attached hydrogens (tertiary/aromatic N) is 2. The second-order valence-electron chi connectivity index (χ2n) is 5.71. The van der Waals surface area contributed by atoms with Crippen LogP contribution in [0.25, 0.3) is 0 Å². The first kappa shape index (κ1) is 18.0. The van der Waals surface area contributed by atoms with Crippen molar-refractivity contribution in [2.75, 3.05) is 6.54 Å². The fourth-order valence-electron chi connectivity index (χ4n) is 2.37. The predicted molar refractivity (Wildman–Crippen MR) is 97.9 cm³/mol. The van der Waals surface area contributed by atoms with E-state index in [0.717, 1.165) is 23.1 Å². The van der Waals surface area contributed by atoms with Crippen LogP contribution in [0, 0.1) is 12.7 Å². The van der Waals surface area contributed by atoms with E-state index in [1.54, 1.807) is 42.5 Å². The van der Waals surface area contributed by atoms with Gasteiger partial charge in [0.2, 0.25) is 0 Å². The molecule has 134 valence electrons. The van der Waals surface area contributed by atoms with Gasteiger partial charge in [0.05, 0.1) is 17.4 Å². The topological polar surface area (TPSA) is 64.1 Å². The number of ether oxygens (including phenoxy) is 1. The molecule has 0 fully saturated rings. The number of carbonyl (C=O) groups excluding carboxylic acids is 1. The SMILES string of the molecule is Cc1nsnc1COc1cccc(C(=O)NCCc2ccccc2F)c1. The standard InChI is InChI=1S/C19H18FN3O2S/c1-13-18(23-26-22-13)12-25-16-7-4-6-15(11-16)19(24)21-10-9-14-5-2-3-8-17(14)20/h2-8,11H,9-10,12H2,1H3,(H,21,24). The maximum absolute atomic E-state index is 13.6. The number of halogens is 1. The van der Waals surface area contributed by atoms with Gasteiger partial charge in [0.25, 0.3) is 5.91 Å². The molecule has 0 atom stereocenters. The highest BCUT2D eigenvalue weighted by Crippen LogP contribution is 2.16. The Morgan fingerprint density at radius 3 is 2.81 bits per heavy atom. The molecule has 0 saturated heterocycles.